The summed E-state index contributed by atoms with van der Waals surface area (Å²) in [6.45, 7) is 3.63. The van der Waals surface area contributed by atoms with E-state index < -0.39 is 0 Å². The molecule has 0 unspecified atom stereocenters. The number of amides is 1. The van der Waals surface area contributed by atoms with Gasteiger partial charge in [0, 0.05) is 13.2 Å². The molecule has 0 bridgehead atoms. The predicted octanol–water partition coefficient (Wildman–Crippen LogP) is 2.65. The molecular weight excluding hydrogens is 266 g/mol. The highest BCUT2D eigenvalue weighted by Crippen LogP contribution is 2.31. The van der Waals surface area contributed by atoms with Gasteiger partial charge in [0.1, 0.15) is 12.4 Å². The molecule has 5 nitrogen and oxygen atoms in total. The van der Waals surface area contributed by atoms with E-state index in [-0.39, 0.29) is 18.6 Å². The Hall–Kier alpha value is -1.88. The second-order valence-corrected chi connectivity index (χ2v) is 5.44. The number of nitrogens with one attached hydrogen (secondary N) is 1. The Morgan fingerprint density at radius 1 is 1.48 bits per heavy atom. The van der Waals surface area contributed by atoms with Crippen LogP contribution in [0, 0.1) is 0 Å². The maximum Gasteiger partial charge on any atom is 0.249 e. The van der Waals surface area contributed by atoms with Gasteiger partial charge in [0.25, 0.3) is 0 Å². The van der Waals surface area contributed by atoms with E-state index in [0.29, 0.717) is 6.61 Å². The van der Waals surface area contributed by atoms with Gasteiger partial charge in [-0.2, -0.15) is 0 Å². The molecule has 1 aliphatic heterocycles. The number of aromatic nitrogens is 2. The van der Waals surface area contributed by atoms with Crippen molar-refractivity contribution in [3.8, 4) is 0 Å². The fraction of sp³-hybridized carbons (Fsp3) is 0.500. The first-order valence-corrected chi connectivity index (χ1v) is 7.61. The van der Waals surface area contributed by atoms with Crippen LogP contribution in [0.3, 0.4) is 0 Å². The highest BCUT2D eigenvalue weighted by atomic mass is 16.5. The van der Waals surface area contributed by atoms with Gasteiger partial charge in [-0.05, 0) is 31.4 Å². The van der Waals surface area contributed by atoms with Gasteiger partial charge in [0.05, 0.1) is 17.1 Å². The third-order valence-corrected chi connectivity index (χ3v) is 3.87. The maximum absolute atomic E-state index is 12.3. The lowest BCUT2D eigenvalue weighted by Crippen LogP contribution is -2.34. The number of aromatic amines is 1. The third-order valence-electron chi connectivity index (χ3n) is 3.87. The Morgan fingerprint density at radius 3 is 3.14 bits per heavy atom. The van der Waals surface area contributed by atoms with Gasteiger partial charge in [-0.25, -0.2) is 4.98 Å². The summed E-state index contributed by atoms with van der Waals surface area (Å²) >= 11 is 0. The topological polar surface area (TPSA) is 58.2 Å². The monoisotopic (exact) mass is 287 g/mol. The van der Waals surface area contributed by atoms with Crippen LogP contribution in [0.4, 0.5) is 0 Å². The molecule has 1 N–H and O–H groups in total. The zero-order valence-electron chi connectivity index (χ0n) is 12.3. The van der Waals surface area contributed by atoms with Crippen LogP contribution in [-0.4, -0.2) is 40.5 Å². The van der Waals surface area contributed by atoms with Gasteiger partial charge in [0.15, 0.2) is 0 Å². The minimum Gasteiger partial charge on any atom is -0.372 e. The molecule has 1 aliphatic rings. The van der Waals surface area contributed by atoms with Crippen molar-refractivity contribution in [1.29, 1.82) is 0 Å². The molecule has 112 valence electrons. The van der Waals surface area contributed by atoms with Crippen molar-refractivity contribution >= 4 is 16.9 Å². The highest BCUT2D eigenvalue weighted by molar-refractivity contribution is 5.79. The number of benzene rings is 1. The van der Waals surface area contributed by atoms with Crippen molar-refractivity contribution in [3.63, 3.8) is 0 Å². The van der Waals surface area contributed by atoms with Crippen LogP contribution in [0.1, 0.15) is 38.1 Å². The van der Waals surface area contributed by atoms with Crippen LogP contribution in [0.5, 0.6) is 0 Å². The number of carbonyl (C=O) groups is 1. The quantitative estimate of drug-likeness (QED) is 0.860. The average molecular weight is 287 g/mol. The van der Waals surface area contributed by atoms with Crippen molar-refractivity contribution in [3.05, 3.63) is 30.1 Å². The van der Waals surface area contributed by atoms with Crippen LogP contribution in [-0.2, 0) is 9.53 Å². The second kappa shape index (κ2) is 6.26. The normalized spacial score (nSPS) is 18.5. The van der Waals surface area contributed by atoms with Gasteiger partial charge in [-0.3, -0.25) is 4.79 Å². The van der Waals surface area contributed by atoms with Crippen molar-refractivity contribution < 1.29 is 9.53 Å². The standard InChI is InChI=1S/C16H21N3O2/c1-2-10-21-11-15(20)19-9-5-8-14(19)16-17-12-6-3-4-7-13(12)18-16/h3-4,6-7,14H,2,5,8-11H2,1H3,(H,17,18)/t14-/m1/s1. The highest BCUT2D eigenvalue weighted by Gasteiger charge is 2.31. The number of nitrogens with zero attached hydrogens (tertiary/aromatic N) is 2. The molecule has 1 amide bonds. The lowest BCUT2D eigenvalue weighted by Gasteiger charge is -2.23. The van der Waals surface area contributed by atoms with Crippen LogP contribution in [0.2, 0.25) is 0 Å². The Balaban J connectivity index is 1.75. The third kappa shape index (κ3) is 2.93. The van der Waals surface area contributed by atoms with Crippen molar-refractivity contribution in [1.82, 2.24) is 14.9 Å². The smallest absolute Gasteiger partial charge is 0.249 e. The van der Waals surface area contributed by atoms with Gasteiger partial charge in [0.2, 0.25) is 5.91 Å². The Bertz CT molecular complexity index is 590. The van der Waals surface area contributed by atoms with E-state index in [4.69, 9.17) is 4.74 Å². The van der Waals surface area contributed by atoms with E-state index >= 15 is 0 Å². The molecule has 0 spiro atoms. The summed E-state index contributed by atoms with van der Waals surface area (Å²) < 4.78 is 5.38. The number of rotatable bonds is 5. The Labute approximate surface area is 124 Å². The number of carbonyl (C=O) groups excluding carboxylic acids is 1. The lowest BCUT2D eigenvalue weighted by atomic mass is 10.2. The number of para-hydroxylation sites is 2. The molecule has 2 aromatic rings. The average Bonchev–Trinajstić information content (AvgIpc) is 3.13. The van der Waals surface area contributed by atoms with Crippen molar-refractivity contribution in [2.75, 3.05) is 19.8 Å². The molecule has 0 aliphatic carbocycles. The summed E-state index contributed by atoms with van der Waals surface area (Å²) in [5, 5.41) is 0. The van der Waals surface area contributed by atoms with E-state index in [1.54, 1.807) is 0 Å². The first kappa shape index (κ1) is 14.1. The van der Waals surface area contributed by atoms with Crippen LogP contribution < -0.4 is 0 Å². The van der Waals surface area contributed by atoms with Crippen molar-refractivity contribution in [2.24, 2.45) is 0 Å². The molecular formula is C16H21N3O2. The number of ether oxygens (including phenoxy) is 1. The molecule has 3 rings (SSSR count). The number of likely N-dealkylation sites (tertiary alicyclic amines) is 1. The molecule has 1 fully saturated rings. The maximum atomic E-state index is 12.3. The summed E-state index contributed by atoms with van der Waals surface area (Å²) in [6, 6.07) is 8.01. The van der Waals surface area contributed by atoms with E-state index in [1.807, 2.05) is 36.1 Å². The zero-order valence-corrected chi connectivity index (χ0v) is 12.3. The predicted molar refractivity (Wildman–Crippen MR) is 80.9 cm³/mol. The van der Waals surface area contributed by atoms with Gasteiger partial charge in [-0.1, -0.05) is 19.1 Å². The molecule has 1 aromatic carbocycles. The fourth-order valence-corrected chi connectivity index (χ4v) is 2.87. The molecule has 2 heterocycles. The van der Waals surface area contributed by atoms with Gasteiger partial charge >= 0.3 is 0 Å². The zero-order chi connectivity index (χ0) is 14.7. The second-order valence-electron chi connectivity index (χ2n) is 5.44. The molecule has 1 saturated heterocycles. The van der Waals surface area contributed by atoms with E-state index in [2.05, 4.69) is 9.97 Å². The molecule has 1 aromatic heterocycles. The summed E-state index contributed by atoms with van der Waals surface area (Å²) in [6.07, 6.45) is 2.90. The van der Waals surface area contributed by atoms with E-state index in [9.17, 15) is 4.79 Å². The molecule has 0 saturated carbocycles. The SMILES string of the molecule is CCCOCC(=O)N1CCC[C@@H]1c1nc2ccccc2[nH]1. The van der Waals surface area contributed by atoms with Crippen LogP contribution in [0.15, 0.2) is 24.3 Å². The first-order chi connectivity index (χ1) is 10.3. The number of fused-ring (bicyclic) bond motifs is 1. The fourth-order valence-electron chi connectivity index (χ4n) is 2.87. The molecule has 5 heteroatoms. The summed E-state index contributed by atoms with van der Waals surface area (Å²) in [7, 11) is 0. The minimum atomic E-state index is 0.0510. The first-order valence-electron chi connectivity index (χ1n) is 7.61. The number of hydrogen-bond acceptors (Lipinski definition) is 3. The van der Waals surface area contributed by atoms with Crippen molar-refractivity contribution in [2.45, 2.75) is 32.2 Å². The van der Waals surface area contributed by atoms with Gasteiger partial charge in [-0.15, -0.1) is 0 Å². The van der Waals surface area contributed by atoms with Crippen LogP contribution in [0.25, 0.3) is 11.0 Å². The van der Waals surface area contributed by atoms with Gasteiger partial charge < -0.3 is 14.6 Å². The number of imidazole rings is 1. The number of hydrogen-bond donors (Lipinski definition) is 1. The summed E-state index contributed by atoms with van der Waals surface area (Å²) in [5.74, 6) is 0.948. The Morgan fingerprint density at radius 2 is 2.33 bits per heavy atom. The molecule has 0 radical (unpaired) electrons. The summed E-state index contributed by atoms with van der Waals surface area (Å²) in [5.41, 5.74) is 1.98. The molecule has 1 atom stereocenters. The molecule has 21 heavy (non-hydrogen) atoms. The van der Waals surface area contributed by atoms with Crippen LogP contribution >= 0.6 is 0 Å². The van der Waals surface area contributed by atoms with E-state index in [0.717, 1.165) is 42.7 Å². The van der Waals surface area contributed by atoms with E-state index in [1.165, 1.54) is 0 Å². The lowest BCUT2D eigenvalue weighted by molar-refractivity contribution is -0.137. The Kier molecular flexibility index (Phi) is 4.20. The number of H-pyrrole nitrogens is 1. The minimum absolute atomic E-state index is 0.0510. The summed E-state index contributed by atoms with van der Waals surface area (Å²) in [4.78, 5) is 22.2. The largest absolute Gasteiger partial charge is 0.372 e.